The molecule has 124 valence electrons. The zero-order valence-corrected chi connectivity index (χ0v) is 13.9. The van der Waals surface area contributed by atoms with Gasteiger partial charge in [0.2, 0.25) is 5.60 Å². The maximum Gasteiger partial charge on any atom is 0.431 e. The van der Waals surface area contributed by atoms with Gasteiger partial charge < -0.3 is 14.6 Å². The van der Waals surface area contributed by atoms with Gasteiger partial charge >= 0.3 is 12.1 Å². The van der Waals surface area contributed by atoms with Crippen molar-refractivity contribution in [3.05, 3.63) is 0 Å². The van der Waals surface area contributed by atoms with E-state index in [0.29, 0.717) is 0 Å². The number of amides is 1. The summed E-state index contributed by atoms with van der Waals surface area (Å²) >= 11 is 0. The van der Waals surface area contributed by atoms with Crippen molar-refractivity contribution >= 4 is 12.1 Å². The Morgan fingerprint density at radius 1 is 1.10 bits per heavy atom. The molecule has 0 fully saturated rings. The lowest BCUT2D eigenvalue weighted by atomic mass is 9.82. The van der Waals surface area contributed by atoms with Crippen molar-refractivity contribution in [2.75, 3.05) is 13.7 Å². The molecule has 0 aliphatic rings. The molecule has 0 saturated heterocycles. The third kappa shape index (κ3) is 7.87. The number of aliphatic carboxylic acids is 1. The largest absolute Gasteiger partial charge is 0.479 e. The molecular formula is C14H27NO6. The molecule has 0 aromatic rings. The molecule has 2 N–H and O–H groups in total. The number of methoxy groups -OCH3 is 1. The minimum Gasteiger partial charge on any atom is -0.479 e. The predicted molar refractivity (Wildman–Crippen MR) is 76.8 cm³/mol. The summed E-state index contributed by atoms with van der Waals surface area (Å²) in [6.07, 6.45) is -0.697. The Morgan fingerprint density at radius 3 is 1.95 bits per heavy atom. The molecule has 1 amide bonds. The monoisotopic (exact) mass is 305 g/mol. The number of rotatable bonds is 6. The van der Waals surface area contributed by atoms with E-state index < -0.39 is 23.3 Å². The Bertz CT molecular complexity index is 369. The van der Waals surface area contributed by atoms with Crippen LogP contribution in [0.25, 0.3) is 0 Å². The van der Waals surface area contributed by atoms with Gasteiger partial charge in [-0.05, 0) is 32.6 Å². The number of ether oxygens (including phenoxy) is 2. The van der Waals surface area contributed by atoms with Crippen molar-refractivity contribution in [1.29, 1.82) is 0 Å². The number of carbonyl (C=O) groups is 2. The van der Waals surface area contributed by atoms with Gasteiger partial charge in [0.05, 0.1) is 6.61 Å². The zero-order valence-electron chi connectivity index (χ0n) is 13.9. The first-order chi connectivity index (χ1) is 9.31. The molecule has 7 heteroatoms. The second-order valence-electron chi connectivity index (χ2n) is 7.18. The van der Waals surface area contributed by atoms with Gasteiger partial charge in [0.1, 0.15) is 5.60 Å². The Labute approximate surface area is 125 Å². The summed E-state index contributed by atoms with van der Waals surface area (Å²) in [6, 6.07) is 0. The van der Waals surface area contributed by atoms with Crippen LogP contribution in [0.15, 0.2) is 0 Å². The summed E-state index contributed by atoms with van der Waals surface area (Å²) in [5.74, 6) is -1.21. The predicted octanol–water partition coefficient (Wildman–Crippen LogP) is 2.35. The maximum absolute atomic E-state index is 11.6. The number of nitrogens with one attached hydrogen (secondary N) is 1. The standard InChI is InChI=1S/C14H27NO6/c1-12(2,3)8-14(9-19-7,10(16)17)21-15-11(18)20-13(4,5)6/h8-9H2,1-7H3,(H,15,18)(H,16,17)/t14-/m1/s1. The van der Waals surface area contributed by atoms with Crippen LogP contribution in [0.2, 0.25) is 0 Å². The van der Waals surface area contributed by atoms with Gasteiger partial charge in [-0.3, -0.25) is 0 Å². The normalized spacial score (nSPS) is 15.2. The lowest BCUT2D eigenvalue weighted by Gasteiger charge is -2.34. The number of hydrogen-bond donors (Lipinski definition) is 2. The Kier molecular flexibility index (Phi) is 6.63. The second kappa shape index (κ2) is 7.09. The fourth-order valence-corrected chi connectivity index (χ4v) is 1.83. The fraction of sp³-hybridized carbons (Fsp3) is 0.857. The first kappa shape index (κ1) is 19.7. The van der Waals surface area contributed by atoms with Gasteiger partial charge in [-0.2, -0.15) is 5.48 Å². The van der Waals surface area contributed by atoms with E-state index in [1.165, 1.54) is 7.11 Å². The minimum absolute atomic E-state index is 0.152. The third-order valence-electron chi connectivity index (χ3n) is 2.31. The van der Waals surface area contributed by atoms with Crippen molar-refractivity contribution in [2.45, 2.75) is 59.2 Å². The lowest BCUT2D eigenvalue weighted by Crippen LogP contribution is -2.52. The smallest absolute Gasteiger partial charge is 0.431 e. The number of carboxylic acid groups (broad SMARTS) is 1. The van der Waals surface area contributed by atoms with E-state index in [0.717, 1.165) is 0 Å². The van der Waals surface area contributed by atoms with Gasteiger partial charge in [-0.25, -0.2) is 14.4 Å². The van der Waals surface area contributed by atoms with E-state index in [9.17, 15) is 14.7 Å². The van der Waals surface area contributed by atoms with Crippen molar-refractivity contribution in [1.82, 2.24) is 5.48 Å². The molecule has 7 nitrogen and oxygen atoms in total. The average molecular weight is 305 g/mol. The van der Waals surface area contributed by atoms with Crippen molar-refractivity contribution in [2.24, 2.45) is 5.41 Å². The Morgan fingerprint density at radius 2 is 1.62 bits per heavy atom. The van der Waals surface area contributed by atoms with E-state index in [1.807, 2.05) is 26.3 Å². The van der Waals surface area contributed by atoms with E-state index >= 15 is 0 Å². The van der Waals surface area contributed by atoms with Crippen LogP contribution in [0.5, 0.6) is 0 Å². The SMILES string of the molecule is COC[C@@](CC(C)(C)C)(ONC(=O)OC(C)(C)C)C(=O)O. The minimum atomic E-state index is -1.68. The molecule has 0 unspecified atom stereocenters. The van der Waals surface area contributed by atoms with Crippen molar-refractivity contribution in [3.63, 3.8) is 0 Å². The van der Waals surface area contributed by atoms with Crippen molar-refractivity contribution in [3.8, 4) is 0 Å². The van der Waals surface area contributed by atoms with E-state index in [2.05, 4.69) is 0 Å². The molecule has 0 heterocycles. The summed E-state index contributed by atoms with van der Waals surface area (Å²) in [7, 11) is 1.37. The molecule has 0 aliphatic heterocycles. The van der Waals surface area contributed by atoms with Gasteiger partial charge in [0.25, 0.3) is 0 Å². The number of carbonyl (C=O) groups excluding carboxylic acids is 1. The highest BCUT2D eigenvalue weighted by atomic mass is 16.7. The second-order valence-corrected chi connectivity index (χ2v) is 7.18. The summed E-state index contributed by atoms with van der Waals surface area (Å²) in [5.41, 5.74) is -0.674. The summed E-state index contributed by atoms with van der Waals surface area (Å²) in [4.78, 5) is 28.4. The van der Waals surface area contributed by atoms with E-state index in [1.54, 1.807) is 20.8 Å². The summed E-state index contributed by atoms with van der Waals surface area (Å²) in [5, 5.41) is 9.47. The Balaban J connectivity index is 4.98. The molecule has 0 saturated carbocycles. The van der Waals surface area contributed by atoms with Crippen LogP contribution in [0.4, 0.5) is 4.79 Å². The fourth-order valence-electron chi connectivity index (χ4n) is 1.83. The van der Waals surface area contributed by atoms with Gasteiger partial charge in [0.15, 0.2) is 0 Å². The lowest BCUT2D eigenvalue weighted by molar-refractivity contribution is -0.191. The van der Waals surface area contributed by atoms with E-state index in [4.69, 9.17) is 14.3 Å². The zero-order chi connectivity index (χ0) is 16.9. The van der Waals surface area contributed by atoms with Crippen LogP contribution < -0.4 is 5.48 Å². The highest BCUT2D eigenvalue weighted by Crippen LogP contribution is 2.30. The molecule has 21 heavy (non-hydrogen) atoms. The molecular weight excluding hydrogens is 278 g/mol. The topological polar surface area (TPSA) is 94.1 Å². The molecule has 0 aliphatic carbocycles. The third-order valence-corrected chi connectivity index (χ3v) is 2.31. The highest BCUT2D eigenvalue weighted by molar-refractivity contribution is 5.78. The molecule has 0 rings (SSSR count). The maximum atomic E-state index is 11.6. The van der Waals surface area contributed by atoms with Crippen LogP contribution in [-0.2, 0) is 19.1 Å². The van der Waals surface area contributed by atoms with Crippen LogP contribution in [0.1, 0.15) is 48.0 Å². The molecule has 0 aromatic heterocycles. The van der Waals surface area contributed by atoms with Crippen LogP contribution in [-0.4, -0.2) is 42.1 Å². The van der Waals surface area contributed by atoms with E-state index in [-0.39, 0.29) is 18.4 Å². The van der Waals surface area contributed by atoms with Gasteiger partial charge in [-0.1, -0.05) is 20.8 Å². The first-order valence-electron chi connectivity index (χ1n) is 6.71. The average Bonchev–Trinajstić information content (AvgIpc) is 2.21. The molecule has 0 bridgehead atoms. The quantitative estimate of drug-likeness (QED) is 0.732. The van der Waals surface area contributed by atoms with Crippen LogP contribution in [0.3, 0.4) is 0 Å². The number of carboxylic acids is 1. The van der Waals surface area contributed by atoms with Crippen LogP contribution in [0, 0.1) is 5.41 Å². The van der Waals surface area contributed by atoms with Gasteiger partial charge in [-0.15, -0.1) is 0 Å². The molecule has 0 aromatic carbocycles. The molecule has 0 radical (unpaired) electrons. The highest BCUT2D eigenvalue weighted by Gasteiger charge is 2.45. The summed E-state index contributed by atoms with van der Waals surface area (Å²) < 4.78 is 9.96. The summed E-state index contributed by atoms with van der Waals surface area (Å²) in [6.45, 7) is 10.5. The van der Waals surface area contributed by atoms with Crippen molar-refractivity contribution < 1.29 is 29.0 Å². The molecule has 0 spiro atoms. The number of hydroxylamine groups is 1. The Hall–Kier alpha value is -1.34. The number of hydrogen-bond acceptors (Lipinski definition) is 5. The van der Waals surface area contributed by atoms with Gasteiger partial charge in [0, 0.05) is 7.11 Å². The first-order valence-corrected chi connectivity index (χ1v) is 6.71. The van der Waals surface area contributed by atoms with Crippen LogP contribution >= 0.6 is 0 Å². The molecule has 1 atom stereocenters.